The Labute approximate surface area is 323 Å². The van der Waals surface area contributed by atoms with E-state index in [1.54, 1.807) is 0 Å². The van der Waals surface area contributed by atoms with Gasteiger partial charge >= 0.3 is 154 Å². The van der Waals surface area contributed by atoms with Crippen LogP contribution in [0.1, 0.15) is 0 Å². The molecule has 7 rings (SSSR count). The van der Waals surface area contributed by atoms with Gasteiger partial charge in [-0.3, -0.25) is 0 Å². The normalized spacial score (nSPS) is 8.98. The summed E-state index contributed by atoms with van der Waals surface area (Å²) < 4.78 is 5.91. The fourth-order valence-corrected chi connectivity index (χ4v) is 16.7. The predicted octanol–water partition coefficient (Wildman–Crippen LogP) is 4.16. The van der Waals surface area contributed by atoms with E-state index < -0.39 is 18.8 Å². The maximum absolute atomic E-state index is 7.13. The van der Waals surface area contributed by atoms with Gasteiger partial charge in [-0.25, -0.2) is 5.26 Å². The van der Waals surface area contributed by atoms with Crippen molar-refractivity contribution in [1.82, 2.24) is 0 Å². The van der Waals surface area contributed by atoms with E-state index in [0.717, 1.165) is 0 Å². The average Bonchev–Trinajstić information content (AvgIpc) is 3.17. The number of hydrogen-bond acceptors (Lipinski definition) is 2. The SMILES string of the molecule is N#C[S-].[Cl-].[Pb].[c-]1ccccc1.[c-]1ccccc1.[c-]1ccccc1.c1cc[c]([Sb+]([c]2ccccc2)([c]2ccccc2)[c]2ccccc2)cc1. The van der Waals surface area contributed by atoms with Crippen LogP contribution >= 0.6 is 0 Å². The standard InChI is InChI=1S/7C6H5.CHNS.ClH.Pb.Sb/c7*1-2-4-6-5-3-1;2-1-3;;;/h7*1-5H;3H;1H;;/q;;;;3*-1;;;;+1/p-2. The van der Waals surface area contributed by atoms with Crippen molar-refractivity contribution in [3.05, 3.63) is 231 Å². The van der Waals surface area contributed by atoms with Crippen molar-refractivity contribution in [2.45, 2.75) is 0 Å². The summed E-state index contributed by atoms with van der Waals surface area (Å²) in [5, 5.41) is 8.47. The molecule has 4 radical (unpaired) electrons. The van der Waals surface area contributed by atoms with Gasteiger partial charge in [-0.05, 0) is 0 Å². The molecule has 0 fully saturated rings. The quantitative estimate of drug-likeness (QED) is 0.115. The molecule has 0 saturated carbocycles. The van der Waals surface area contributed by atoms with Gasteiger partial charge in [-0.2, -0.15) is 109 Å². The van der Waals surface area contributed by atoms with Crippen molar-refractivity contribution in [2.75, 3.05) is 0 Å². The summed E-state index contributed by atoms with van der Waals surface area (Å²) in [5.41, 5.74) is 0. The monoisotopic (exact) mass is 961 g/mol. The van der Waals surface area contributed by atoms with Crippen LogP contribution in [0, 0.1) is 28.9 Å². The van der Waals surface area contributed by atoms with Gasteiger partial charge in [0.2, 0.25) is 0 Å². The minimum absolute atomic E-state index is 0. The first kappa shape index (κ1) is 42.3. The second kappa shape index (κ2) is 27.3. The van der Waals surface area contributed by atoms with Crippen LogP contribution in [0.5, 0.6) is 0 Å². The van der Waals surface area contributed by atoms with Gasteiger partial charge in [0.1, 0.15) is 0 Å². The molecular formula is C43H35ClNPbSSb-4. The van der Waals surface area contributed by atoms with Gasteiger partial charge in [-0.1, -0.05) is 5.40 Å². The summed E-state index contributed by atoms with van der Waals surface area (Å²) in [6.07, 6.45) is 0. The fraction of sp³-hybridized carbons (Fsp3) is 0. The Morgan fingerprint density at radius 3 is 0.667 bits per heavy atom. The van der Waals surface area contributed by atoms with Crippen LogP contribution in [0.3, 0.4) is 0 Å². The van der Waals surface area contributed by atoms with Gasteiger partial charge < -0.3 is 25.0 Å². The molecule has 0 atom stereocenters. The van der Waals surface area contributed by atoms with Crippen LogP contribution in [0.15, 0.2) is 212 Å². The number of rotatable bonds is 4. The minimum atomic E-state index is -3.17. The Balaban J connectivity index is 0.000000406. The van der Waals surface area contributed by atoms with E-state index >= 15 is 0 Å². The van der Waals surface area contributed by atoms with Crippen molar-refractivity contribution in [3.63, 3.8) is 0 Å². The molecule has 0 saturated heterocycles. The van der Waals surface area contributed by atoms with E-state index in [-0.39, 0.29) is 39.7 Å². The van der Waals surface area contributed by atoms with Crippen molar-refractivity contribution in [3.8, 4) is 5.40 Å². The molecule has 0 unspecified atom stereocenters. The third-order valence-corrected chi connectivity index (χ3v) is 18.6. The molecule has 0 aromatic heterocycles. The van der Waals surface area contributed by atoms with E-state index in [0.29, 0.717) is 0 Å². The molecular weight excluding hydrogens is 927 g/mol. The van der Waals surface area contributed by atoms with Crippen molar-refractivity contribution >= 4 is 72.8 Å². The first-order valence-electron chi connectivity index (χ1n) is 14.7. The van der Waals surface area contributed by atoms with E-state index in [2.05, 4.69) is 152 Å². The van der Waals surface area contributed by atoms with Gasteiger partial charge in [0.05, 0.1) is 0 Å². The third-order valence-electron chi connectivity index (χ3n) is 6.40. The summed E-state index contributed by atoms with van der Waals surface area (Å²) in [7, 11) is 0. The molecule has 0 heterocycles. The molecule has 0 bridgehead atoms. The number of halogens is 1. The second-order valence-electron chi connectivity index (χ2n) is 9.34. The molecule has 7 aromatic carbocycles. The summed E-state index contributed by atoms with van der Waals surface area (Å²) in [5.74, 6) is 0. The third kappa shape index (κ3) is 14.6. The summed E-state index contributed by atoms with van der Waals surface area (Å²) >= 11 is 0.532. The molecule has 0 aliphatic rings. The van der Waals surface area contributed by atoms with Crippen molar-refractivity contribution < 1.29 is 12.4 Å². The molecule has 5 heteroatoms. The number of nitriles is 1. The molecule has 1 nitrogen and oxygen atoms in total. The second-order valence-corrected chi connectivity index (χ2v) is 19.2. The Morgan fingerprint density at radius 2 is 0.542 bits per heavy atom. The number of hydrogen-bond donors (Lipinski definition) is 0. The molecule has 0 amide bonds. The van der Waals surface area contributed by atoms with Crippen LogP contribution in [-0.4, -0.2) is 46.1 Å². The molecule has 0 aliphatic carbocycles. The fourth-order valence-electron chi connectivity index (χ4n) is 4.53. The zero-order valence-corrected chi connectivity index (χ0v) is 34.4. The first-order valence-corrected chi connectivity index (χ1v) is 20.2. The van der Waals surface area contributed by atoms with Crippen LogP contribution in [0.4, 0.5) is 0 Å². The van der Waals surface area contributed by atoms with Gasteiger partial charge in [0, 0.05) is 27.3 Å². The van der Waals surface area contributed by atoms with Crippen molar-refractivity contribution in [1.29, 1.82) is 5.26 Å². The van der Waals surface area contributed by atoms with Crippen LogP contribution in [0.2, 0.25) is 0 Å². The van der Waals surface area contributed by atoms with Gasteiger partial charge in [0.25, 0.3) is 0 Å². The van der Waals surface area contributed by atoms with Gasteiger partial charge in [0.15, 0.2) is 0 Å². The average molecular weight is 962 g/mol. The molecule has 238 valence electrons. The Morgan fingerprint density at radius 1 is 0.375 bits per heavy atom. The molecule has 7 aromatic rings. The Kier molecular flexibility index (Phi) is 24.0. The molecule has 0 aliphatic heterocycles. The first-order chi connectivity index (χ1) is 22.8. The summed E-state index contributed by atoms with van der Waals surface area (Å²) in [4.78, 5) is 0. The zero-order valence-electron chi connectivity index (χ0n) is 26.4. The summed E-state index contributed by atoms with van der Waals surface area (Å²) in [6, 6.07) is 81.9. The van der Waals surface area contributed by atoms with E-state index in [4.69, 9.17) is 5.26 Å². The molecule has 48 heavy (non-hydrogen) atoms. The Bertz CT molecular complexity index is 1410. The maximum atomic E-state index is 7.13. The van der Waals surface area contributed by atoms with E-state index in [1.165, 1.54) is 19.4 Å². The zero-order chi connectivity index (χ0) is 32.4. The number of nitrogens with zero attached hydrogens (tertiary/aromatic N) is 1. The van der Waals surface area contributed by atoms with Crippen LogP contribution < -0.4 is 26.4 Å². The Hall–Kier alpha value is -3.72. The number of thiocyanates is 1. The number of benzene rings is 7. The molecule has 0 N–H and O–H groups in total. The summed E-state index contributed by atoms with van der Waals surface area (Å²) in [6.45, 7) is 0. The van der Waals surface area contributed by atoms with E-state index in [1.807, 2.05) is 91.0 Å². The predicted molar refractivity (Wildman–Crippen MR) is 205 cm³/mol. The topological polar surface area (TPSA) is 23.8 Å². The van der Waals surface area contributed by atoms with Gasteiger partial charge in [-0.15, -0.1) is 0 Å². The van der Waals surface area contributed by atoms with E-state index in [9.17, 15) is 0 Å². The van der Waals surface area contributed by atoms with Crippen LogP contribution in [0.25, 0.3) is 0 Å². The molecule has 0 spiro atoms. The van der Waals surface area contributed by atoms with Crippen LogP contribution in [-0.2, 0) is 12.6 Å². The van der Waals surface area contributed by atoms with Crippen molar-refractivity contribution in [2.24, 2.45) is 0 Å².